The molecule has 1 unspecified atom stereocenters. The molecular formula is C43H42GeIrN2S-2. The van der Waals surface area contributed by atoms with Crippen molar-refractivity contribution in [2.75, 3.05) is 0 Å². The molecule has 5 heteroatoms. The first-order valence-electron chi connectivity index (χ1n) is 17.0. The summed E-state index contributed by atoms with van der Waals surface area (Å²) in [5.41, 5.74) is 7.09. The van der Waals surface area contributed by atoms with E-state index in [9.17, 15) is 0 Å². The van der Waals surface area contributed by atoms with Crippen LogP contribution < -0.4 is 4.40 Å². The van der Waals surface area contributed by atoms with Crippen LogP contribution in [0.5, 0.6) is 0 Å². The van der Waals surface area contributed by atoms with Gasteiger partial charge in [0.25, 0.3) is 0 Å². The zero-order chi connectivity index (χ0) is 35.1. The molecule has 0 spiro atoms. The van der Waals surface area contributed by atoms with Gasteiger partial charge in [-0.25, -0.2) is 0 Å². The van der Waals surface area contributed by atoms with E-state index in [1.165, 1.54) is 26.1 Å². The van der Waals surface area contributed by atoms with Gasteiger partial charge in [0.1, 0.15) is 0 Å². The van der Waals surface area contributed by atoms with Crippen molar-refractivity contribution in [2.24, 2.45) is 0 Å². The van der Waals surface area contributed by atoms with E-state index in [0.29, 0.717) is 0 Å². The second kappa shape index (κ2) is 15.0. The summed E-state index contributed by atoms with van der Waals surface area (Å²) < 4.78 is 20.8. The second-order valence-corrected chi connectivity index (χ2v) is 24.9. The molecule has 7 rings (SSSR count). The van der Waals surface area contributed by atoms with Crippen LogP contribution in [0, 0.1) is 19.1 Å². The molecule has 0 bridgehead atoms. The molecule has 1 atom stereocenters. The average Bonchev–Trinajstić information content (AvgIpc) is 3.47. The zero-order valence-corrected chi connectivity index (χ0v) is 34.0. The molecule has 3 aromatic heterocycles. The predicted molar refractivity (Wildman–Crippen MR) is 208 cm³/mol. The Hall–Kier alpha value is -3.41. The third kappa shape index (κ3) is 7.43. The molecule has 0 N–H and O–H groups in total. The van der Waals surface area contributed by atoms with Crippen LogP contribution in [0.25, 0.3) is 53.5 Å². The van der Waals surface area contributed by atoms with Crippen molar-refractivity contribution in [3.63, 3.8) is 0 Å². The molecule has 4 aromatic carbocycles. The monoisotopic (exact) mass is 887 g/mol. The fourth-order valence-corrected chi connectivity index (χ4v) is 10.9. The Bertz CT molecular complexity index is 2320. The van der Waals surface area contributed by atoms with Gasteiger partial charge >= 0.3 is 106 Å². The van der Waals surface area contributed by atoms with E-state index in [-0.39, 0.29) is 20.1 Å². The van der Waals surface area contributed by atoms with Crippen LogP contribution in [0.1, 0.15) is 52.0 Å². The van der Waals surface area contributed by atoms with Crippen LogP contribution in [0.15, 0.2) is 110 Å². The fourth-order valence-electron chi connectivity index (χ4n) is 6.00. The van der Waals surface area contributed by atoms with Crippen molar-refractivity contribution in [1.82, 2.24) is 9.97 Å². The van der Waals surface area contributed by atoms with E-state index in [0.717, 1.165) is 48.4 Å². The first kappa shape index (κ1) is 33.1. The maximum atomic E-state index is 8.57. The summed E-state index contributed by atoms with van der Waals surface area (Å²) in [7, 11) is 0. The summed E-state index contributed by atoms with van der Waals surface area (Å²) in [5, 5.41) is 4.61. The molecule has 1 radical (unpaired) electrons. The van der Waals surface area contributed by atoms with E-state index in [1.807, 2.05) is 57.2 Å². The molecule has 0 saturated carbocycles. The maximum Gasteiger partial charge on any atom is 0.0393 e. The number of benzene rings is 4. The van der Waals surface area contributed by atoms with Gasteiger partial charge in [-0.3, -0.25) is 4.98 Å². The van der Waals surface area contributed by atoms with E-state index in [4.69, 9.17) is 2.74 Å². The van der Waals surface area contributed by atoms with Gasteiger partial charge in [0.05, 0.1) is 0 Å². The van der Waals surface area contributed by atoms with Crippen LogP contribution in [0.4, 0.5) is 0 Å². The molecule has 3 heterocycles. The van der Waals surface area contributed by atoms with Crippen molar-refractivity contribution in [2.45, 2.75) is 56.8 Å². The third-order valence-corrected chi connectivity index (χ3v) is 14.3. The minimum absolute atomic E-state index is 0. The molecule has 0 amide bonds. The van der Waals surface area contributed by atoms with Gasteiger partial charge in [-0.05, 0) is 45.1 Å². The first-order valence-corrected chi connectivity index (χ1v) is 24.2. The van der Waals surface area contributed by atoms with Crippen LogP contribution in [-0.2, 0) is 20.1 Å². The number of thiophene rings is 1. The topological polar surface area (TPSA) is 25.8 Å². The quantitative estimate of drug-likeness (QED) is 0.0945. The van der Waals surface area contributed by atoms with E-state index in [2.05, 4.69) is 108 Å². The summed E-state index contributed by atoms with van der Waals surface area (Å²) >= 11 is -0.0469. The second-order valence-electron chi connectivity index (χ2n) is 13.3. The van der Waals surface area contributed by atoms with Gasteiger partial charge in [-0.15, -0.1) is 24.1 Å². The largest absolute Gasteiger partial charge is 0.295 e. The van der Waals surface area contributed by atoms with E-state index < -0.39 is 25.1 Å². The minimum Gasteiger partial charge on any atom is -0.295 e. The maximum absolute atomic E-state index is 8.57. The molecule has 0 aliphatic heterocycles. The van der Waals surface area contributed by atoms with Gasteiger partial charge in [-0.1, -0.05) is 79.6 Å². The summed E-state index contributed by atoms with van der Waals surface area (Å²) in [6.07, 6.45) is 5.49. The number of pyridine rings is 2. The van der Waals surface area contributed by atoms with Crippen LogP contribution in [0.3, 0.4) is 0 Å². The number of fused-ring (bicyclic) bond motifs is 5. The Labute approximate surface area is 308 Å². The van der Waals surface area contributed by atoms with Gasteiger partial charge < -0.3 is 0 Å². The Morgan fingerprint density at radius 3 is 2.33 bits per heavy atom. The van der Waals surface area contributed by atoms with Gasteiger partial charge in [0.15, 0.2) is 0 Å². The van der Waals surface area contributed by atoms with Gasteiger partial charge in [-0.2, -0.15) is 11.3 Å². The molecule has 245 valence electrons. The Kier molecular flexibility index (Phi) is 10.4. The number of allylic oxidation sites excluding steroid dienone is 1. The molecule has 48 heavy (non-hydrogen) atoms. The molecule has 0 saturated heterocycles. The fraction of sp³-hybridized carbons (Fsp3) is 0.209. The van der Waals surface area contributed by atoms with Gasteiger partial charge in [0, 0.05) is 39.4 Å². The third-order valence-electron chi connectivity index (χ3n) is 8.63. The van der Waals surface area contributed by atoms with Crippen molar-refractivity contribution in [1.29, 1.82) is 0 Å². The molecule has 0 aliphatic rings. The molecule has 0 aliphatic carbocycles. The SMILES string of the molecule is Cc1cc(-c2[c-]cccc2)nc[c]1[Ge]([CH3])([CH3])[CH3].[2H]C(C)(C)c1ccc2c(c1)sc1c(-c3cc(C([2H])(C)C=C)ccn3)[c-]c3ccccc3c12.[Ir]. The number of nitrogens with zero attached hydrogens (tertiary/aromatic N) is 2. The van der Waals surface area contributed by atoms with Crippen molar-refractivity contribution in [3.8, 4) is 22.5 Å². The first-order chi connectivity index (χ1) is 23.2. The predicted octanol–water partition coefficient (Wildman–Crippen LogP) is 11.9. The number of hydrogen-bond donors (Lipinski definition) is 0. The Balaban J connectivity index is 0.000000229. The molecular weight excluding hydrogens is 841 g/mol. The minimum atomic E-state index is -1.77. The smallest absolute Gasteiger partial charge is 0.0393 e. The van der Waals surface area contributed by atoms with Crippen molar-refractivity contribution >= 4 is 59.9 Å². The van der Waals surface area contributed by atoms with Gasteiger partial charge in [0.2, 0.25) is 0 Å². The Morgan fingerprint density at radius 2 is 1.65 bits per heavy atom. The number of rotatable bonds is 6. The van der Waals surface area contributed by atoms with E-state index in [1.54, 1.807) is 23.6 Å². The molecule has 7 aromatic rings. The summed E-state index contributed by atoms with van der Waals surface area (Å²) in [6.45, 7) is 11.7. The van der Waals surface area contributed by atoms with Crippen molar-refractivity contribution in [3.05, 3.63) is 139 Å². The standard InChI is InChI=1S/C28H24NS.C15H18GeN.Ir/c1-5-18(4)20-12-13-29-25(15-20)24-14-21-8-6-7-9-22(21)27-23-11-10-19(17(2)3)16-26(23)30-28(24)27;1-12-10-15(13-8-6-5-7-9-13)17-11-14(12)16(2,3)4;/h5-13,15-18H,1H2,2-4H3;5-8,10-11H,1-4H3;/q2*-1;/i17D,18D;;. The zero-order valence-electron chi connectivity index (χ0n) is 30.7. The number of hydrogen-bond acceptors (Lipinski definition) is 3. The number of aryl methyl sites for hydroxylation is 1. The number of aromatic nitrogens is 2. The van der Waals surface area contributed by atoms with Crippen LogP contribution >= 0.6 is 11.3 Å². The molecule has 2 nitrogen and oxygen atoms in total. The summed E-state index contributed by atoms with van der Waals surface area (Å²) in [6, 6.07) is 35.6. The van der Waals surface area contributed by atoms with Crippen molar-refractivity contribution < 1.29 is 22.8 Å². The molecule has 0 fully saturated rings. The Morgan fingerprint density at radius 1 is 0.875 bits per heavy atom. The van der Waals surface area contributed by atoms with Crippen LogP contribution in [0.2, 0.25) is 17.3 Å². The normalized spacial score (nSPS) is 13.6. The average molecular weight is 886 g/mol. The summed E-state index contributed by atoms with van der Waals surface area (Å²) in [5.74, 6) is 5.66. The van der Waals surface area contributed by atoms with E-state index >= 15 is 0 Å². The summed E-state index contributed by atoms with van der Waals surface area (Å²) in [4.78, 5) is 9.26. The van der Waals surface area contributed by atoms with Crippen LogP contribution in [-0.4, -0.2) is 23.2 Å².